The molecule has 0 saturated carbocycles. The van der Waals surface area contributed by atoms with Crippen LogP contribution in [0.25, 0.3) is 5.69 Å². The third kappa shape index (κ3) is 4.21. The van der Waals surface area contributed by atoms with Crippen molar-refractivity contribution in [2.45, 2.75) is 57.7 Å². The van der Waals surface area contributed by atoms with Crippen LogP contribution in [-0.2, 0) is 17.5 Å². The summed E-state index contributed by atoms with van der Waals surface area (Å²) in [5.41, 5.74) is -0.0823. The number of amides is 1. The van der Waals surface area contributed by atoms with E-state index in [1.807, 2.05) is 6.92 Å². The van der Waals surface area contributed by atoms with Crippen molar-refractivity contribution in [3.05, 3.63) is 81.5 Å². The maximum atomic E-state index is 13.5. The number of carbonyl (C=O) groups excluding carboxylic acids is 1. The van der Waals surface area contributed by atoms with Gasteiger partial charge in [0.05, 0.1) is 35.8 Å². The third-order valence-electron chi connectivity index (χ3n) is 6.94. The quantitative estimate of drug-likeness (QED) is 0.498. The molecule has 190 valence electrons. The van der Waals surface area contributed by atoms with Gasteiger partial charge in [0.2, 0.25) is 0 Å². The summed E-state index contributed by atoms with van der Waals surface area (Å²) < 4.78 is 63.0. The summed E-state index contributed by atoms with van der Waals surface area (Å²) >= 11 is 0. The molecule has 4 heterocycles. The van der Waals surface area contributed by atoms with Crippen molar-refractivity contribution < 1.29 is 27.1 Å². The highest BCUT2D eigenvalue weighted by molar-refractivity contribution is 5.93. The van der Waals surface area contributed by atoms with Crippen LogP contribution in [0.3, 0.4) is 0 Å². The SMILES string of the molecule is Cc1cn(-c2ccc3n(c2=O)CCN([C@@H](C)[C@@H]2CC[C@H](c4ccc(F)cc4C(F)(F)F)O2)C3=O)cn1. The van der Waals surface area contributed by atoms with Crippen LogP contribution < -0.4 is 5.56 Å². The summed E-state index contributed by atoms with van der Waals surface area (Å²) in [5, 5.41) is 0. The monoisotopic (exact) mass is 504 g/mol. The van der Waals surface area contributed by atoms with Crippen molar-refractivity contribution >= 4 is 5.91 Å². The Morgan fingerprint density at radius 2 is 1.89 bits per heavy atom. The molecule has 0 aliphatic carbocycles. The second kappa shape index (κ2) is 8.88. The fraction of sp³-hybridized carbons (Fsp3) is 0.400. The van der Waals surface area contributed by atoms with Crippen molar-refractivity contribution in [1.82, 2.24) is 19.0 Å². The van der Waals surface area contributed by atoms with Crippen LogP contribution in [0, 0.1) is 12.7 Å². The molecule has 1 fully saturated rings. The second-order valence-electron chi connectivity index (χ2n) is 9.19. The number of aryl methyl sites for hydroxylation is 1. The summed E-state index contributed by atoms with van der Waals surface area (Å²) in [4.78, 5) is 32.1. The molecule has 1 saturated heterocycles. The Bertz CT molecular complexity index is 1380. The standard InChI is InChI=1S/C25H24F4N4O3/c1-14-12-31(13-30-14)19-5-6-20-24(35)32(9-10-33(20)23(19)34)15(2)21-7-8-22(36-21)17-4-3-16(26)11-18(17)25(27,28)29/h3-6,11-13,15,21-22H,7-10H2,1-2H3/t15-,21-,22+/m0/s1. The van der Waals surface area contributed by atoms with Crippen LogP contribution in [0.2, 0.25) is 0 Å². The Morgan fingerprint density at radius 3 is 2.58 bits per heavy atom. The maximum Gasteiger partial charge on any atom is 0.416 e. The Balaban J connectivity index is 1.35. The number of rotatable bonds is 4. The van der Waals surface area contributed by atoms with Gasteiger partial charge in [-0.1, -0.05) is 6.07 Å². The first-order valence-electron chi connectivity index (χ1n) is 11.6. The zero-order valence-corrected chi connectivity index (χ0v) is 19.6. The number of aromatic nitrogens is 3. The highest BCUT2D eigenvalue weighted by Gasteiger charge is 2.41. The van der Waals surface area contributed by atoms with Crippen LogP contribution in [0.1, 0.15) is 53.2 Å². The molecule has 0 radical (unpaired) electrons. The molecule has 0 N–H and O–H groups in total. The van der Waals surface area contributed by atoms with Gasteiger partial charge in [-0.2, -0.15) is 13.2 Å². The van der Waals surface area contributed by atoms with Crippen LogP contribution in [0.5, 0.6) is 0 Å². The van der Waals surface area contributed by atoms with Crippen molar-refractivity contribution in [3.63, 3.8) is 0 Å². The van der Waals surface area contributed by atoms with Crippen LogP contribution in [0.4, 0.5) is 17.6 Å². The van der Waals surface area contributed by atoms with Gasteiger partial charge in [-0.25, -0.2) is 9.37 Å². The number of ether oxygens (including phenoxy) is 1. The molecule has 3 aromatic rings. The summed E-state index contributed by atoms with van der Waals surface area (Å²) in [5.74, 6) is -1.31. The number of halogens is 4. The largest absolute Gasteiger partial charge is 0.416 e. The number of fused-ring (bicyclic) bond motifs is 1. The average Bonchev–Trinajstić information content (AvgIpc) is 3.48. The van der Waals surface area contributed by atoms with Gasteiger partial charge in [0.25, 0.3) is 11.5 Å². The summed E-state index contributed by atoms with van der Waals surface area (Å²) in [6.45, 7) is 4.13. The van der Waals surface area contributed by atoms with Crippen LogP contribution >= 0.6 is 0 Å². The summed E-state index contributed by atoms with van der Waals surface area (Å²) in [6, 6.07) is 5.34. The minimum absolute atomic E-state index is 0.109. The Morgan fingerprint density at radius 1 is 1.11 bits per heavy atom. The van der Waals surface area contributed by atoms with Gasteiger partial charge in [-0.15, -0.1) is 0 Å². The molecular formula is C25H24F4N4O3. The highest BCUT2D eigenvalue weighted by atomic mass is 19.4. The number of benzene rings is 1. The molecule has 3 atom stereocenters. The first kappa shape index (κ1) is 24.2. The van der Waals surface area contributed by atoms with E-state index < -0.39 is 35.8 Å². The van der Waals surface area contributed by atoms with E-state index in [-0.39, 0.29) is 35.8 Å². The lowest BCUT2D eigenvalue weighted by Gasteiger charge is -2.37. The lowest BCUT2D eigenvalue weighted by Crippen LogP contribution is -2.52. The van der Waals surface area contributed by atoms with Crippen molar-refractivity contribution in [2.24, 2.45) is 0 Å². The van der Waals surface area contributed by atoms with Gasteiger partial charge in [-0.05, 0) is 56.5 Å². The normalized spacial score (nSPS) is 21.1. The molecule has 36 heavy (non-hydrogen) atoms. The Labute approximate surface area is 203 Å². The van der Waals surface area contributed by atoms with E-state index in [1.165, 1.54) is 10.9 Å². The maximum absolute atomic E-state index is 13.5. The molecule has 7 nitrogen and oxygen atoms in total. The zero-order valence-electron chi connectivity index (χ0n) is 19.6. The van der Waals surface area contributed by atoms with E-state index in [0.717, 1.165) is 17.8 Å². The van der Waals surface area contributed by atoms with Crippen molar-refractivity contribution in [1.29, 1.82) is 0 Å². The minimum atomic E-state index is -4.71. The van der Waals surface area contributed by atoms with Gasteiger partial charge in [0.1, 0.15) is 17.2 Å². The second-order valence-corrected chi connectivity index (χ2v) is 9.19. The Kier molecular flexibility index (Phi) is 5.98. The van der Waals surface area contributed by atoms with E-state index in [2.05, 4.69) is 4.98 Å². The average molecular weight is 504 g/mol. The number of pyridine rings is 1. The Hall–Kier alpha value is -3.47. The minimum Gasteiger partial charge on any atom is -0.368 e. The van der Waals surface area contributed by atoms with Crippen molar-refractivity contribution in [2.75, 3.05) is 6.54 Å². The van der Waals surface area contributed by atoms with E-state index in [1.54, 1.807) is 34.7 Å². The smallest absolute Gasteiger partial charge is 0.368 e. The van der Waals surface area contributed by atoms with Gasteiger partial charge < -0.3 is 18.8 Å². The lowest BCUT2D eigenvalue weighted by atomic mass is 9.99. The molecule has 1 aromatic carbocycles. The summed E-state index contributed by atoms with van der Waals surface area (Å²) in [6.07, 6.45) is -2.05. The van der Waals surface area contributed by atoms with E-state index in [0.29, 0.717) is 24.6 Å². The predicted molar refractivity (Wildman–Crippen MR) is 121 cm³/mol. The van der Waals surface area contributed by atoms with E-state index >= 15 is 0 Å². The van der Waals surface area contributed by atoms with Gasteiger partial charge in [0.15, 0.2) is 0 Å². The van der Waals surface area contributed by atoms with Crippen molar-refractivity contribution in [3.8, 4) is 5.69 Å². The molecule has 0 unspecified atom stereocenters. The third-order valence-corrected chi connectivity index (χ3v) is 6.94. The molecule has 2 aliphatic rings. The van der Waals surface area contributed by atoms with Crippen LogP contribution in [-0.4, -0.2) is 43.6 Å². The first-order chi connectivity index (χ1) is 17.0. The molecule has 1 amide bonds. The number of hydrogen-bond donors (Lipinski definition) is 0. The van der Waals surface area contributed by atoms with Crippen LogP contribution in [0.15, 0.2) is 47.7 Å². The number of nitrogens with zero attached hydrogens (tertiary/aromatic N) is 4. The van der Waals surface area contributed by atoms with Gasteiger partial charge in [0, 0.05) is 19.3 Å². The fourth-order valence-corrected chi connectivity index (χ4v) is 5.07. The number of carbonyl (C=O) groups is 1. The number of alkyl halides is 3. The molecule has 0 spiro atoms. The zero-order chi connectivity index (χ0) is 25.8. The number of imidazole rings is 1. The topological polar surface area (TPSA) is 69.4 Å². The molecule has 0 bridgehead atoms. The highest BCUT2D eigenvalue weighted by Crippen LogP contribution is 2.42. The fourth-order valence-electron chi connectivity index (χ4n) is 5.07. The van der Waals surface area contributed by atoms with Gasteiger partial charge in [-0.3, -0.25) is 9.59 Å². The molecule has 2 aliphatic heterocycles. The van der Waals surface area contributed by atoms with Gasteiger partial charge >= 0.3 is 6.18 Å². The molecule has 11 heteroatoms. The molecule has 5 rings (SSSR count). The lowest BCUT2D eigenvalue weighted by molar-refractivity contribution is -0.139. The van der Waals surface area contributed by atoms with E-state index in [9.17, 15) is 27.2 Å². The van der Waals surface area contributed by atoms with E-state index in [4.69, 9.17) is 4.74 Å². The molecular weight excluding hydrogens is 480 g/mol. The first-order valence-corrected chi connectivity index (χ1v) is 11.6. The summed E-state index contributed by atoms with van der Waals surface area (Å²) in [7, 11) is 0. The predicted octanol–water partition coefficient (Wildman–Crippen LogP) is 4.26. The molecule has 2 aromatic heterocycles. The number of hydrogen-bond acceptors (Lipinski definition) is 4.